The van der Waals surface area contributed by atoms with Gasteiger partial charge in [0.1, 0.15) is 11.4 Å². The summed E-state index contributed by atoms with van der Waals surface area (Å²) in [6, 6.07) is 11.8. The van der Waals surface area contributed by atoms with Crippen molar-refractivity contribution in [2.24, 2.45) is 0 Å². The maximum atomic E-state index is 10.4. The Kier molecular flexibility index (Phi) is 3.86. The summed E-state index contributed by atoms with van der Waals surface area (Å²) in [6.45, 7) is 3.98. The van der Waals surface area contributed by atoms with E-state index in [-0.39, 0.29) is 0 Å². The predicted octanol–water partition coefficient (Wildman–Crippen LogP) is 3.76. The smallest absolute Gasteiger partial charge is 0.137 e. The molecule has 0 aliphatic rings. The fraction of sp³-hybridized carbons (Fsp3) is 0.278. The van der Waals surface area contributed by atoms with E-state index >= 15 is 0 Å². The van der Waals surface area contributed by atoms with Gasteiger partial charge < -0.3 is 14.2 Å². The molecule has 1 N–H and O–H groups in total. The molecule has 1 unspecified atom stereocenters. The third-order valence-corrected chi connectivity index (χ3v) is 3.94. The van der Waals surface area contributed by atoms with E-state index in [1.807, 2.05) is 60.8 Å². The van der Waals surface area contributed by atoms with E-state index in [4.69, 9.17) is 9.72 Å². The second-order valence-electron chi connectivity index (χ2n) is 5.38. The number of aliphatic hydroxyl groups is 1. The molecule has 0 amide bonds. The average molecular weight is 296 g/mol. The van der Waals surface area contributed by atoms with Crippen LogP contribution >= 0.6 is 0 Å². The van der Waals surface area contributed by atoms with Gasteiger partial charge in [-0.25, -0.2) is 4.98 Å². The topological polar surface area (TPSA) is 46.8 Å². The van der Waals surface area contributed by atoms with Crippen LogP contribution in [0.3, 0.4) is 0 Å². The Balaban J connectivity index is 2.23. The minimum Gasteiger partial charge on any atom is -0.496 e. The molecule has 0 saturated heterocycles. The van der Waals surface area contributed by atoms with Gasteiger partial charge in [-0.3, -0.25) is 0 Å². The normalized spacial score (nSPS) is 12.5. The molecule has 3 aromatic rings. The van der Waals surface area contributed by atoms with Crippen molar-refractivity contribution in [3.63, 3.8) is 0 Å². The lowest BCUT2D eigenvalue weighted by molar-refractivity contribution is 0.168. The minimum absolute atomic E-state index is 0.546. The fourth-order valence-corrected chi connectivity index (χ4v) is 2.76. The summed E-state index contributed by atoms with van der Waals surface area (Å²) in [5.74, 6) is 0.852. The van der Waals surface area contributed by atoms with E-state index in [1.54, 1.807) is 7.11 Å². The highest BCUT2D eigenvalue weighted by Crippen LogP contribution is 2.32. The number of benzene rings is 1. The first-order valence-electron chi connectivity index (χ1n) is 7.45. The Bertz CT molecular complexity index is 808. The molecule has 0 aliphatic carbocycles. The Morgan fingerprint density at radius 1 is 1.27 bits per heavy atom. The Labute approximate surface area is 130 Å². The molecule has 114 valence electrons. The van der Waals surface area contributed by atoms with Crippen molar-refractivity contribution in [1.82, 2.24) is 9.38 Å². The summed E-state index contributed by atoms with van der Waals surface area (Å²) >= 11 is 0. The second kappa shape index (κ2) is 5.81. The maximum Gasteiger partial charge on any atom is 0.137 e. The molecule has 0 spiro atoms. The lowest BCUT2D eigenvalue weighted by Gasteiger charge is -2.12. The maximum absolute atomic E-state index is 10.4. The zero-order chi connectivity index (χ0) is 15.7. The van der Waals surface area contributed by atoms with Gasteiger partial charge in [0.05, 0.1) is 24.6 Å². The summed E-state index contributed by atoms with van der Waals surface area (Å²) in [4.78, 5) is 4.71. The van der Waals surface area contributed by atoms with E-state index < -0.39 is 6.10 Å². The first-order chi connectivity index (χ1) is 10.7. The van der Waals surface area contributed by atoms with Crippen molar-refractivity contribution in [2.75, 3.05) is 7.11 Å². The van der Waals surface area contributed by atoms with Gasteiger partial charge in [0.2, 0.25) is 0 Å². The van der Waals surface area contributed by atoms with E-state index in [0.29, 0.717) is 6.42 Å². The van der Waals surface area contributed by atoms with Gasteiger partial charge in [-0.1, -0.05) is 13.0 Å². The van der Waals surface area contributed by atoms with Crippen LogP contribution in [-0.2, 0) is 0 Å². The molecule has 22 heavy (non-hydrogen) atoms. The molecular formula is C18H20N2O2. The van der Waals surface area contributed by atoms with E-state index in [0.717, 1.165) is 33.9 Å². The SMILES string of the molecule is CCC(O)c1c(-c2ccc(OC)c(C)c2)nc2ccccn12. The zero-order valence-electron chi connectivity index (χ0n) is 13.1. The standard InChI is InChI=1S/C18H20N2O2/c1-4-14(21)18-17(19-16-7-5-6-10-20(16)18)13-8-9-15(22-3)12(2)11-13/h5-11,14,21H,4H2,1-3H3. The van der Waals surface area contributed by atoms with Crippen LogP contribution in [0.4, 0.5) is 0 Å². The number of aromatic nitrogens is 2. The summed E-state index contributed by atoms with van der Waals surface area (Å²) in [6.07, 6.45) is 2.04. The van der Waals surface area contributed by atoms with Crippen molar-refractivity contribution >= 4 is 5.65 Å². The summed E-state index contributed by atoms with van der Waals surface area (Å²) in [5.41, 5.74) is 4.54. The number of aliphatic hydroxyl groups excluding tert-OH is 1. The first-order valence-corrected chi connectivity index (χ1v) is 7.45. The first kappa shape index (κ1) is 14.6. The lowest BCUT2D eigenvalue weighted by Crippen LogP contribution is -2.02. The van der Waals surface area contributed by atoms with Crippen LogP contribution in [0, 0.1) is 6.92 Å². The van der Waals surface area contributed by atoms with Crippen LogP contribution in [0.25, 0.3) is 16.9 Å². The summed E-state index contributed by atoms with van der Waals surface area (Å²) < 4.78 is 7.28. The monoisotopic (exact) mass is 296 g/mol. The molecule has 4 heteroatoms. The summed E-state index contributed by atoms with van der Waals surface area (Å²) in [5, 5.41) is 10.4. The molecule has 1 atom stereocenters. The Morgan fingerprint density at radius 3 is 2.77 bits per heavy atom. The fourth-order valence-electron chi connectivity index (χ4n) is 2.76. The number of rotatable bonds is 4. The average Bonchev–Trinajstić information content (AvgIpc) is 2.93. The van der Waals surface area contributed by atoms with Gasteiger partial charge in [0, 0.05) is 11.8 Å². The van der Waals surface area contributed by atoms with Gasteiger partial charge in [0.15, 0.2) is 0 Å². The highest BCUT2D eigenvalue weighted by atomic mass is 16.5. The van der Waals surface area contributed by atoms with Gasteiger partial charge >= 0.3 is 0 Å². The van der Waals surface area contributed by atoms with Crippen molar-refractivity contribution in [1.29, 1.82) is 0 Å². The van der Waals surface area contributed by atoms with Crippen molar-refractivity contribution in [3.05, 3.63) is 53.9 Å². The number of aryl methyl sites for hydroxylation is 1. The molecule has 1 aromatic carbocycles. The number of fused-ring (bicyclic) bond motifs is 1. The quantitative estimate of drug-likeness (QED) is 0.797. The van der Waals surface area contributed by atoms with Gasteiger partial charge in [0.25, 0.3) is 0 Å². The molecule has 0 saturated carbocycles. The molecule has 3 rings (SSSR count). The molecular weight excluding hydrogens is 276 g/mol. The minimum atomic E-state index is -0.546. The number of hydrogen-bond donors (Lipinski definition) is 1. The largest absolute Gasteiger partial charge is 0.496 e. The summed E-state index contributed by atoms with van der Waals surface area (Å²) in [7, 11) is 1.67. The Hall–Kier alpha value is -2.33. The van der Waals surface area contributed by atoms with E-state index in [9.17, 15) is 5.11 Å². The molecule has 0 bridgehead atoms. The van der Waals surface area contributed by atoms with E-state index in [2.05, 4.69) is 0 Å². The van der Waals surface area contributed by atoms with Crippen LogP contribution in [0.5, 0.6) is 5.75 Å². The Morgan fingerprint density at radius 2 is 2.09 bits per heavy atom. The predicted molar refractivity (Wildman–Crippen MR) is 87.2 cm³/mol. The highest BCUT2D eigenvalue weighted by molar-refractivity contribution is 5.68. The second-order valence-corrected chi connectivity index (χ2v) is 5.38. The van der Waals surface area contributed by atoms with Crippen LogP contribution in [0.2, 0.25) is 0 Å². The molecule has 2 heterocycles. The zero-order valence-corrected chi connectivity index (χ0v) is 13.1. The van der Waals surface area contributed by atoms with Crippen LogP contribution in [-0.4, -0.2) is 21.6 Å². The third-order valence-electron chi connectivity index (χ3n) is 3.94. The van der Waals surface area contributed by atoms with Crippen molar-refractivity contribution in [3.8, 4) is 17.0 Å². The third kappa shape index (κ3) is 2.35. The molecule has 0 aliphatic heterocycles. The van der Waals surface area contributed by atoms with Crippen molar-refractivity contribution in [2.45, 2.75) is 26.4 Å². The molecule has 4 nitrogen and oxygen atoms in total. The van der Waals surface area contributed by atoms with E-state index in [1.165, 1.54) is 0 Å². The number of pyridine rings is 1. The van der Waals surface area contributed by atoms with Crippen molar-refractivity contribution < 1.29 is 9.84 Å². The van der Waals surface area contributed by atoms with Crippen LogP contribution in [0.15, 0.2) is 42.6 Å². The highest BCUT2D eigenvalue weighted by Gasteiger charge is 2.19. The van der Waals surface area contributed by atoms with Crippen LogP contribution < -0.4 is 4.74 Å². The number of imidazole rings is 1. The molecule has 0 radical (unpaired) electrons. The van der Waals surface area contributed by atoms with Gasteiger partial charge in [-0.2, -0.15) is 0 Å². The van der Waals surface area contributed by atoms with Gasteiger partial charge in [-0.15, -0.1) is 0 Å². The number of hydrogen-bond acceptors (Lipinski definition) is 3. The molecule has 2 aromatic heterocycles. The lowest BCUT2D eigenvalue weighted by atomic mass is 10.0. The number of nitrogens with zero attached hydrogens (tertiary/aromatic N) is 2. The number of methoxy groups -OCH3 is 1. The molecule has 0 fully saturated rings. The van der Waals surface area contributed by atoms with Crippen LogP contribution in [0.1, 0.15) is 30.7 Å². The number of ether oxygens (including phenoxy) is 1. The van der Waals surface area contributed by atoms with Gasteiger partial charge in [-0.05, 0) is 49.2 Å².